The summed E-state index contributed by atoms with van der Waals surface area (Å²) in [5.74, 6) is 3.31. The molecule has 2 aliphatic rings. The van der Waals surface area contributed by atoms with Gasteiger partial charge in [0.1, 0.15) is 5.60 Å². The van der Waals surface area contributed by atoms with Crippen molar-refractivity contribution in [3.05, 3.63) is 22.4 Å². The maximum Gasteiger partial charge on any atom is 0.191 e. The second-order valence-electron chi connectivity index (χ2n) is 7.83. The third kappa shape index (κ3) is 6.23. The van der Waals surface area contributed by atoms with E-state index in [9.17, 15) is 5.11 Å². The summed E-state index contributed by atoms with van der Waals surface area (Å²) in [5, 5.41) is 19.7. The lowest BCUT2D eigenvalue weighted by atomic mass is 9.94. The minimum absolute atomic E-state index is 0. The van der Waals surface area contributed by atoms with E-state index in [1.807, 2.05) is 24.4 Å². The molecule has 2 fully saturated rings. The molecule has 1 saturated heterocycles. The molecule has 0 bridgehead atoms. The zero-order chi connectivity index (χ0) is 19.2. The Morgan fingerprint density at radius 2 is 2.00 bits per heavy atom. The zero-order valence-electron chi connectivity index (χ0n) is 17.1. The number of thioether (sulfide) groups is 1. The number of halogens is 1. The van der Waals surface area contributed by atoms with Crippen LogP contribution in [0, 0.1) is 0 Å². The number of thiophene rings is 1. The number of nitrogens with one attached hydrogen (secondary N) is 2. The Balaban J connectivity index is 0.00000280. The van der Waals surface area contributed by atoms with Gasteiger partial charge in [0.2, 0.25) is 0 Å². The predicted molar refractivity (Wildman–Crippen MR) is 133 cm³/mol. The zero-order valence-corrected chi connectivity index (χ0v) is 21.0. The molecule has 3 N–H and O–H groups in total. The number of hydrogen-bond donors (Lipinski definition) is 3. The van der Waals surface area contributed by atoms with Gasteiger partial charge in [0.25, 0.3) is 0 Å². The Morgan fingerprint density at radius 1 is 1.29 bits per heavy atom. The Hall–Kier alpha value is -0.0300. The van der Waals surface area contributed by atoms with Gasteiger partial charge < -0.3 is 15.7 Å². The molecule has 1 aliphatic carbocycles. The van der Waals surface area contributed by atoms with Gasteiger partial charge in [0.15, 0.2) is 5.96 Å². The van der Waals surface area contributed by atoms with E-state index in [0.29, 0.717) is 6.54 Å². The number of aliphatic hydroxyl groups is 1. The van der Waals surface area contributed by atoms with Gasteiger partial charge >= 0.3 is 0 Å². The minimum atomic E-state index is -0.925. The number of nitrogens with zero attached hydrogens (tertiary/aromatic N) is 2. The highest BCUT2D eigenvalue weighted by Crippen LogP contribution is 2.36. The van der Waals surface area contributed by atoms with E-state index in [-0.39, 0.29) is 29.5 Å². The summed E-state index contributed by atoms with van der Waals surface area (Å²) in [7, 11) is 0. The van der Waals surface area contributed by atoms with Crippen LogP contribution in [-0.4, -0.2) is 65.7 Å². The normalized spacial score (nSPS) is 22.3. The summed E-state index contributed by atoms with van der Waals surface area (Å²) in [6, 6.07) is 3.95. The van der Waals surface area contributed by atoms with Gasteiger partial charge in [-0.15, -0.1) is 35.3 Å². The summed E-state index contributed by atoms with van der Waals surface area (Å²) in [6.45, 7) is 8.44. The number of guanidine groups is 1. The van der Waals surface area contributed by atoms with Crippen LogP contribution in [0.2, 0.25) is 0 Å². The van der Waals surface area contributed by atoms with Crippen LogP contribution in [0.4, 0.5) is 0 Å². The molecule has 0 spiro atoms. The van der Waals surface area contributed by atoms with Crippen molar-refractivity contribution in [3.8, 4) is 0 Å². The Morgan fingerprint density at radius 3 is 2.61 bits per heavy atom. The molecule has 28 heavy (non-hydrogen) atoms. The van der Waals surface area contributed by atoms with Crippen molar-refractivity contribution < 1.29 is 5.11 Å². The first-order valence-electron chi connectivity index (χ1n) is 10.2. The molecular weight excluding hydrogens is 503 g/mol. The second-order valence-corrected chi connectivity index (χ2v) is 10.0. The Kier molecular flexibility index (Phi) is 9.86. The fourth-order valence-electron chi connectivity index (χ4n) is 4.16. The highest BCUT2D eigenvalue weighted by molar-refractivity contribution is 14.0. The lowest BCUT2D eigenvalue weighted by Crippen LogP contribution is -2.57. The van der Waals surface area contributed by atoms with Gasteiger partial charge in [-0.05, 0) is 38.1 Å². The van der Waals surface area contributed by atoms with Crippen molar-refractivity contribution in [2.75, 3.05) is 44.2 Å². The van der Waals surface area contributed by atoms with Crippen molar-refractivity contribution in [2.24, 2.45) is 4.99 Å². The highest BCUT2D eigenvalue weighted by atomic mass is 127. The largest absolute Gasteiger partial charge is 0.383 e. The molecule has 1 saturated carbocycles. The molecule has 1 aromatic heterocycles. The molecule has 1 aromatic rings. The first kappa shape index (κ1) is 24.2. The summed E-state index contributed by atoms with van der Waals surface area (Å²) in [4.78, 5) is 8.38. The van der Waals surface area contributed by atoms with Gasteiger partial charge in [-0.1, -0.05) is 18.9 Å². The molecule has 160 valence electrons. The molecule has 0 radical (unpaired) electrons. The average Bonchev–Trinajstić information content (AvgIpc) is 3.38. The van der Waals surface area contributed by atoms with E-state index in [0.717, 1.165) is 23.9 Å². The van der Waals surface area contributed by atoms with Crippen molar-refractivity contribution in [3.63, 3.8) is 0 Å². The van der Waals surface area contributed by atoms with Crippen LogP contribution < -0.4 is 10.6 Å². The molecule has 8 heteroatoms. The summed E-state index contributed by atoms with van der Waals surface area (Å²) < 4.78 is 0. The van der Waals surface area contributed by atoms with Crippen LogP contribution in [0.5, 0.6) is 0 Å². The highest BCUT2D eigenvalue weighted by Gasteiger charge is 2.40. The van der Waals surface area contributed by atoms with Gasteiger partial charge in [-0.2, -0.15) is 11.8 Å². The molecule has 5 nitrogen and oxygen atoms in total. The average molecular weight is 539 g/mol. The Labute approximate surface area is 195 Å². The Bertz CT molecular complexity index is 597. The molecule has 0 amide bonds. The first-order valence-corrected chi connectivity index (χ1v) is 12.2. The number of hydrogen-bond acceptors (Lipinski definition) is 5. The van der Waals surface area contributed by atoms with Gasteiger partial charge in [0, 0.05) is 48.1 Å². The third-order valence-electron chi connectivity index (χ3n) is 5.74. The monoisotopic (exact) mass is 538 g/mol. The van der Waals surface area contributed by atoms with Crippen LogP contribution in [0.3, 0.4) is 0 Å². The smallest absolute Gasteiger partial charge is 0.191 e. The van der Waals surface area contributed by atoms with Gasteiger partial charge in [-0.25, -0.2) is 4.99 Å². The molecule has 1 atom stereocenters. The van der Waals surface area contributed by atoms with E-state index in [1.54, 1.807) is 11.3 Å². The van der Waals surface area contributed by atoms with Crippen LogP contribution in [0.25, 0.3) is 0 Å². The van der Waals surface area contributed by atoms with Crippen LogP contribution in [0.1, 0.15) is 44.4 Å². The van der Waals surface area contributed by atoms with Crippen molar-refractivity contribution in [2.45, 2.75) is 50.7 Å². The van der Waals surface area contributed by atoms with Crippen LogP contribution in [-0.2, 0) is 5.60 Å². The number of rotatable bonds is 7. The lowest BCUT2D eigenvalue weighted by Gasteiger charge is -2.43. The maximum absolute atomic E-state index is 10.8. The molecular formula is C20H35IN4OS2. The standard InChI is InChI=1S/C20H34N4OS2.HI/c1-3-21-18(22-15-19(2,25)17-7-6-12-27-17)23-16-20(8-4-5-9-20)24-10-13-26-14-11-24;/h6-7,12,25H,3-5,8-11,13-16H2,1-2H3,(H2,21,22,23);1H. The topological polar surface area (TPSA) is 59.9 Å². The lowest BCUT2D eigenvalue weighted by molar-refractivity contribution is 0.0710. The minimum Gasteiger partial charge on any atom is -0.383 e. The van der Waals surface area contributed by atoms with E-state index in [4.69, 9.17) is 4.99 Å². The predicted octanol–water partition coefficient (Wildman–Crippen LogP) is 3.49. The fraction of sp³-hybridized carbons (Fsp3) is 0.750. The first-order chi connectivity index (χ1) is 13.1. The molecule has 1 unspecified atom stereocenters. The fourth-order valence-corrected chi connectivity index (χ4v) is 5.84. The third-order valence-corrected chi connectivity index (χ3v) is 7.81. The molecule has 1 aliphatic heterocycles. The SMILES string of the molecule is CCNC(=NCC(C)(O)c1cccs1)NCC1(N2CCSCC2)CCCC1.I. The second kappa shape index (κ2) is 11.4. The van der Waals surface area contributed by atoms with Gasteiger partial charge in [0.05, 0.1) is 6.54 Å². The van der Waals surface area contributed by atoms with Crippen molar-refractivity contribution in [1.29, 1.82) is 0 Å². The van der Waals surface area contributed by atoms with E-state index >= 15 is 0 Å². The van der Waals surface area contributed by atoms with E-state index in [1.165, 1.54) is 50.3 Å². The van der Waals surface area contributed by atoms with Crippen LogP contribution in [0.15, 0.2) is 22.5 Å². The molecule has 2 heterocycles. The van der Waals surface area contributed by atoms with E-state index < -0.39 is 5.60 Å². The molecule has 3 rings (SSSR count). The van der Waals surface area contributed by atoms with Crippen LogP contribution >= 0.6 is 47.1 Å². The quantitative estimate of drug-likeness (QED) is 0.282. The van der Waals surface area contributed by atoms with E-state index in [2.05, 4.69) is 34.2 Å². The van der Waals surface area contributed by atoms with Crippen molar-refractivity contribution in [1.82, 2.24) is 15.5 Å². The van der Waals surface area contributed by atoms with Crippen molar-refractivity contribution >= 4 is 53.0 Å². The summed E-state index contributed by atoms with van der Waals surface area (Å²) in [5.41, 5.74) is -0.654. The summed E-state index contributed by atoms with van der Waals surface area (Å²) >= 11 is 3.65. The molecule has 0 aromatic carbocycles. The van der Waals surface area contributed by atoms with Gasteiger partial charge in [-0.3, -0.25) is 4.90 Å². The number of aliphatic imine (C=N–C) groups is 1. The summed E-state index contributed by atoms with van der Waals surface area (Å²) in [6.07, 6.45) is 5.20. The maximum atomic E-state index is 10.8.